The smallest absolute Gasteiger partial charge is 0.366 e. The molecule has 1 aliphatic carbocycles. The molecule has 0 unspecified atom stereocenters. The van der Waals surface area contributed by atoms with Crippen LogP contribution in [0.25, 0.3) is 0 Å². The Morgan fingerprint density at radius 2 is 1.81 bits per heavy atom. The number of ether oxygens (including phenoxy) is 1. The minimum Gasteiger partial charge on any atom is -0.366 e. The van der Waals surface area contributed by atoms with E-state index in [0.717, 1.165) is 30.7 Å². The molecule has 142 valence electrons. The number of morpholine rings is 1. The fraction of sp³-hybridized carbons (Fsp3) is 0.400. The summed E-state index contributed by atoms with van der Waals surface area (Å²) in [4.78, 5) is 18.0. The van der Waals surface area contributed by atoms with Gasteiger partial charge in [-0.3, -0.25) is 9.78 Å². The lowest BCUT2D eigenvalue weighted by atomic mass is 10.0. The molecule has 2 aromatic rings. The van der Waals surface area contributed by atoms with E-state index >= 15 is 0 Å². The first-order valence-corrected chi connectivity index (χ1v) is 8.95. The van der Waals surface area contributed by atoms with Crippen LogP contribution in [-0.2, 0) is 10.9 Å². The second-order valence-electron chi connectivity index (χ2n) is 7.05. The van der Waals surface area contributed by atoms with E-state index in [1.807, 2.05) is 30.3 Å². The zero-order valence-corrected chi connectivity index (χ0v) is 14.5. The van der Waals surface area contributed by atoms with Gasteiger partial charge in [-0.05, 0) is 36.5 Å². The largest absolute Gasteiger partial charge is 0.433 e. The topological polar surface area (TPSA) is 42.4 Å². The first-order chi connectivity index (χ1) is 12.9. The van der Waals surface area contributed by atoms with E-state index in [1.54, 1.807) is 4.90 Å². The van der Waals surface area contributed by atoms with Gasteiger partial charge in [0, 0.05) is 12.7 Å². The zero-order valence-electron chi connectivity index (χ0n) is 14.5. The van der Waals surface area contributed by atoms with Crippen molar-refractivity contribution in [3.63, 3.8) is 0 Å². The number of rotatable bonds is 3. The highest BCUT2D eigenvalue weighted by Crippen LogP contribution is 2.39. The average molecular weight is 376 g/mol. The Morgan fingerprint density at radius 3 is 2.41 bits per heavy atom. The Kier molecular flexibility index (Phi) is 4.63. The fourth-order valence-corrected chi connectivity index (χ4v) is 3.41. The molecule has 1 saturated carbocycles. The summed E-state index contributed by atoms with van der Waals surface area (Å²) in [5.41, 5.74) is 0.150. The second-order valence-corrected chi connectivity index (χ2v) is 7.05. The molecule has 0 bridgehead atoms. The Bertz CT molecular complexity index is 804. The van der Waals surface area contributed by atoms with Crippen LogP contribution in [0, 0.1) is 5.92 Å². The molecule has 1 saturated heterocycles. The third-order valence-electron chi connectivity index (χ3n) is 5.03. The second kappa shape index (κ2) is 6.96. The highest BCUT2D eigenvalue weighted by Gasteiger charge is 2.40. The van der Waals surface area contributed by atoms with Gasteiger partial charge in [-0.15, -0.1) is 0 Å². The van der Waals surface area contributed by atoms with Crippen molar-refractivity contribution in [3.8, 4) is 0 Å². The molecule has 0 N–H and O–H groups in total. The number of halogens is 3. The Labute approximate surface area is 155 Å². The number of hydrogen-bond donors (Lipinski definition) is 0. The van der Waals surface area contributed by atoms with Crippen molar-refractivity contribution < 1.29 is 22.7 Å². The quantitative estimate of drug-likeness (QED) is 0.810. The molecule has 2 heterocycles. The molecule has 1 aliphatic heterocycles. The van der Waals surface area contributed by atoms with Crippen LogP contribution in [0.2, 0.25) is 0 Å². The highest BCUT2D eigenvalue weighted by atomic mass is 19.4. The normalized spacial score (nSPS) is 23.3. The van der Waals surface area contributed by atoms with E-state index in [-0.39, 0.29) is 23.7 Å². The standard InChI is InChI=1S/C20H19F3N2O2/c21-20(22,23)18-9-8-15(10-24-18)19(26)25-11-16(13-4-2-1-3-5-13)27-17(12-25)14-6-7-14/h1-5,8-10,14,16-17H,6-7,11-12H2/t16-,17+/m0/s1. The van der Waals surface area contributed by atoms with E-state index in [2.05, 4.69) is 4.98 Å². The summed E-state index contributed by atoms with van der Waals surface area (Å²) < 4.78 is 44.3. The van der Waals surface area contributed by atoms with E-state index in [4.69, 9.17) is 4.74 Å². The number of hydrogen-bond acceptors (Lipinski definition) is 3. The molecule has 0 radical (unpaired) electrons. The molecule has 1 aromatic heterocycles. The van der Waals surface area contributed by atoms with Gasteiger partial charge < -0.3 is 9.64 Å². The van der Waals surface area contributed by atoms with Crippen molar-refractivity contribution in [1.29, 1.82) is 0 Å². The van der Waals surface area contributed by atoms with Gasteiger partial charge in [0.2, 0.25) is 0 Å². The molecule has 1 amide bonds. The lowest BCUT2D eigenvalue weighted by molar-refractivity contribution is -0.141. The first kappa shape index (κ1) is 18.0. The van der Waals surface area contributed by atoms with Gasteiger partial charge in [-0.1, -0.05) is 30.3 Å². The third kappa shape index (κ3) is 3.98. The Balaban J connectivity index is 1.54. The van der Waals surface area contributed by atoms with E-state index < -0.39 is 11.9 Å². The lowest BCUT2D eigenvalue weighted by Gasteiger charge is -2.38. The molecular weight excluding hydrogens is 357 g/mol. The van der Waals surface area contributed by atoms with Gasteiger partial charge in [-0.2, -0.15) is 13.2 Å². The molecule has 7 heteroatoms. The number of aromatic nitrogens is 1. The zero-order chi connectivity index (χ0) is 19.0. The van der Waals surface area contributed by atoms with Crippen LogP contribution in [-0.4, -0.2) is 35.0 Å². The summed E-state index contributed by atoms with van der Waals surface area (Å²) in [5.74, 6) is 0.128. The van der Waals surface area contributed by atoms with Gasteiger partial charge in [0.25, 0.3) is 5.91 Å². The van der Waals surface area contributed by atoms with Crippen molar-refractivity contribution in [3.05, 3.63) is 65.5 Å². The maximum Gasteiger partial charge on any atom is 0.433 e. The molecule has 0 spiro atoms. The summed E-state index contributed by atoms with van der Waals surface area (Å²) in [6.45, 7) is 0.820. The summed E-state index contributed by atoms with van der Waals surface area (Å²) >= 11 is 0. The molecular formula is C20H19F3N2O2. The summed E-state index contributed by atoms with van der Waals surface area (Å²) in [5, 5.41) is 0. The number of amides is 1. The fourth-order valence-electron chi connectivity index (χ4n) is 3.41. The number of nitrogens with zero attached hydrogens (tertiary/aromatic N) is 2. The monoisotopic (exact) mass is 376 g/mol. The maximum absolute atomic E-state index is 12.9. The Hall–Kier alpha value is -2.41. The number of alkyl halides is 3. The molecule has 4 rings (SSSR count). The van der Waals surface area contributed by atoms with Crippen LogP contribution in [0.4, 0.5) is 13.2 Å². The molecule has 2 aliphatic rings. The minimum atomic E-state index is -4.52. The van der Waals surface area contributed by atoms with Crippen molar-refractivity contribution in [1.82, 2.24) is 9.88 Å². The Morgan fingerprint density at radius 1 is 1.07 bits per heavy atom. The molecule has 4 nitrogen and oxygen atoms in total. The lowest BCUT2D eigenvalue weighted by Crippen LogP contribution is -2.47. The maximum atomic E-state index is 12.9. The van der Waals surface area contributed by atoms with Crippen LogP contribution in [0.3, 0.4) is 0 Å². The minimum absolute atomic E-state index is 0.0460. The van der Waals surface area contributed by atoms with Crippen LogP contribution in [0.5, 0.6) is 0 Å². The summed E-state index contributed by atoms with van der Waals surface area (Å²) in [6, 6.07) is 11.7. The SMILES string of the molecule is O=C(c1ccc(C(F)(F)F)nc1)N1C[C@@H](c2ccccc2)O[C@@H](C2CC2)C1. The molecule has 1 aromatic carbocycles. The van der Waals surface area contributed by atoms with Crippen LogP contribution >= 0.6 is 0 Å². The van der Waals surface area contributed by atoms with Gasteiger partial charge in [0.1, 0.15) is 11.8 Å². The van der Waals surface area contributed by atoms with Crippen LogP contribution in [0.15, 0.2) is 48.7 Å². The predicted molar refractivity (Wildman–Crippen MR) is 91.9 cm³/mol. The predicted octanol–water partition coefficient (Wildman–Crippen LogP) is 4.09. The van der Waals surface area contributed by atoms with Crippen molar-refractivity contribution in [2.75, 3.05) is 13.1 Å². The van der Waals surface area contributed by atoms with E-state index in [0.29, 0.717) is 19.0 Å². The number of pyridine rings is 1. The third-order valence-corrected chi connectivity index (χ3v) is 5.03. The number of carbonyl (C=O) groups excluding carboxylic acids is 1. The first-order valence-electron chi connectivity index (χ1n) is 8.95. The number of benzene rings is 1. The summed E-state index contributed by atoms with van der Waals surface area (Å²) in [7, 11) is 0. The highest BCUT2D eigenvalue weighted by molar-refractivity contribution is 5.94. The van der Waals surface area contributed by atoms with Crippen LogP contribution < -0.4 is 0 Å². The number of carbonyl (C=O) groups is 1. The van der Waals surface area contributed by atoms with Gasteiger partial charge in [0.15, 0.2) is 0 Å². The molecule has 27 heavy (non-hydrogen) atoms. The van der Waals surface area contributed by atoms with Crippen molar-refractivity contribution in [2.45, 2.75) is 31.2 Å². The summed E-state index contributed by atoms with van der Waals surface area (Å²) in [6.07, 6.45) is -1.64. The van der Waals surface area contributed by atoms with Crippen molar-refractivity contribution >= 4 is 5.91 Å². The van der Waals surface area contributed by atoms with E-state index in [1.165, 1.54) is 6.07 Å². The molecule has 2 fully saturated rings. The van der Waals surface area contributed by atoms with Crippen molar-refractivity contribution in [2.24, 2.45) is 5.92 Å². The van der Waals surface area contributed by atoms with Gasteiger partial charge in [0.05, 0.1) is 18.2 Å². The average Bonchev–Trinajstić information content (AvgIpc) is 3.52. The van der Waals surface area contributed by atoms with E-state index in [9.17, 15) is 18.0 Å². The molecule has 2 atom stereocenters. The van der Waals surface area contributed by atoms with Gasteiger partial charge >= 0.3 is 6.18 Å². The van der Waals surface area contributed by atoms with Crippen LogP contribution in [0.1, 0.15) is 40.6 Å². The van der Waals surface area contributed by atoms with Gasteiger partial charge in [-0.25, -0.2) is 0 Å².